The SMILES string of the molecule is CCC(C)N1CCN(C(=O)[C@H](N)C(C)C)CC1. The molecule has 1 aliphatic rings. The van der Waals surface area contributed by atoms with Crippen LogP contribution in [0.5, 0.6) is 0 Å². The first-order chi connectivity index (χ1) is 7.97. The van der Waals surface area contributed by atoms with Crippen LogP contribution in [0.3, 0.4) is 0 Å². The van der Waals surface area contributed by atoms with Gasteiger partial charge in [-0.25, -0.2) is 0 Å². The fraction of sp³-hybridized carbons (Fsp3) is 0.923. The van der Waals surface area contributed by atoms with Crippen LogP contribution < -0.4 is 5.73 Å². The van der Waals surface area contributed by atoms with E-state index in [0.29, 0.717) is 6.04 Å². The summed E-state index contributed by atoms with van der Waals surface area (Å²) in [6.45, 7) is 12.1. The Morgan fingerprint density at radius 3 is 2.12 bits per heavy atom. The van der Waals surface area contributed by atoms with Crippen molar-refractivity contribution in [2.24, 2.45) is 11.7 Å². The number of carbonyl (C=O) groups excluding carboxylic acids is 1. The van der Waals surface area contributed by atoms with E-state index < -0.39 is 0 Å². The van der Waals surface area contributed by atoms with Gasteiger partial charge in [-0.05, 0) is 19.3 Å². The van der Waals surface area contributed by atoms with Gasteiger partial charge in [-0.2, -0.15) is 0 Å². The van der Waals surface area contributed by atoms with Gasteiger partial charge in [0.15, 0.2) is 0 Å². The minimum Gasteiger partial charge on any atom is -0.339 e. The van der Waals surface area contributed by atoms with Crippen LogP contribution in [-0.2, 0) is 4.79 Å². The summed E-state index contributed by atoms with van der Waals surface area (Å²) in [5.74, 6) is 0.332. The highest BCUT2D eigenvalue weighted by atomic mass is 16.2. The summed E-state index contributed by atoms with van der Waals surface area (Å²) in [5.41, 5.74) is 5.91. The molecule has 0 saturated carbocycles. The number of carbonyl (C=O) groups is 1. The van der Waals surface area contributed by atoms with Gasteiger partial charge in [-0.1, -0.05) is 20.8 Å². The zero-order valence-electron chi connectivity index (χ0n) is 11.6. The van der Waals surface area contributed by atoms with Gasteiger partial charge in [-0.15, -0.1) is 0 Å². The van der Waals surface area contributed by atoms with Crippen LogP contribution in [0, 0.1) is 5.92 Å². The van der Waals surface area contributed by atoms with Gasteiger partial charge in [0, 0.05) is 32.2 Å². The molecule has 4 nitrogen and oxygen atoms in total. The molecule has 1 fully saturated rings. The van der Waals surface area contributed by atoms with E-state index in [4.69, 9.17) is 5.73 Å². The van der Waals surface area contributed by atoms with Gasteiger partial charge in [0.2, 0.25) is 5.91 Å². The molecule has 0 bridgehead atoms. The minimum atomic E-state index is -0.342. The van der Waals surface area contributed by atoms with E-state index in [0.717, 1.165) is 26.2 Å². The normalized spacial score (nSPS) is 21.6. The standard InChI is InChI=1S/C13H27N3O/c1-5-11(4)15-6-8-16(9-7-15)13(17)12(14)10(2)3/h10-12H,5-9,14H2,1-4H3/t11?,12-/m1/s1. The van der Waals surface area contributed by atoms with Crippen LogP contribution in [0.2, 0.25) is 0 Å². The summed E-state index contributed by atoms with van der Waals surface area (Å²) >= 11 is 0. The number of rotatable bonds is 4. The molecule has 100 valence electrons. The van der Waals surface area contributed by atoms with Gasteiger partial charge in [0.1, 0.15) is 0 Å². The predicted molar refractivity (Wildman–Crippen MR) is 70.7 cm³/mol. The third kappa shape index (κ3) is 3.68. The van der Waals surface area contributed by atoms with E-state index in [1.165, 1.54) is 6.42 Å². The van der Waals surface area contributed by atoms with Crippen molar-refractivity contribution >= 4 is 5.91 Å². The minimum absolute atomic E-state index is 0.115. The third-order valence-electron chi connectivity index (χ3n) is 3.84. The van der Waals surface area contributed by atoms with Gasteiger partial charge in [0.25, 0.3) is 0 Å². The lowest BCUT2D eigenvalue weighted by Crippen LogP contribution is -2.55. The zero-order valence-corrected chi connectivity index (χ0v) is 11.6. The van der Waals surface area contributed by atoms with Gasteiger partial charge >= 0.3 is 0 Å². The molecule has 1 amide bonds. The molecule has 0 spiro atoms. The summed E-state index contributed by atoms with van der Waals surface area (Å²) in [5, 5.41) is 0. The lowest BCUT2D eigenvalue weighted by Gasteiger charge is -2.39. The molecule has 0 aromatic rings. The van der Waals surface area contributed by atoms with Crippen LogP contribution in [0.25, 0.3) is 0 Å². The topological polar surface area (TPSA) is 49.6 Å². The maximum atomic E-state index is 12.1. The molecule has 4 heteroatoms. The number of hydrogen-bond acceptors (Lipinski definition) is 3. The van der Waals surface area contributed by atoms with E-state index in [2.05, 4.69) is 18.7 Å². The van der Waals surface area contributed by atoms with Crippen molar-refractivity contribution in [2.75, 3.05) is 26.2 Å². The van der Waals surface area contributed by atoms with E-state index in [1.54, 1.807) is 0 Å². The first-order valence-corrected chi connectivity index (χ1v) is 6.75. The van der Waals surface area contributed by atoms with Crippen molar-refractivity contribution in [1.29, 1.82) is 0 Å². The fourth-order valence-corrected chi connectivity index (χ4v) is 2.14. The number of nitrogens with two attached hydrogens (primary N) is 1. The average molecular weight is 241 g/mol. The summed E-state index contributed by atoms with van der Waals surface area (Å²) < 4.78 is 0. The first kappa shape index (κ1) is 14.5. The first-order valence-electron chi connectivity index (χ1n) is 6.75. The second-order valence-corrected chi connectivity index (χ2v) is 5.39. The fourth-order valence-electron chi connectivity index (χ4n) is 2.14. The van der Waals surface area contributed by atoms with Crippen LogP contribution >= 0.6 is 0 Å². The molecular weight excluding hydrogens is 214 g/mol. The number of nitrogens with zero attached hydrogens (tertiary/aromatic N) is 2. The average Bonchev–Trinajstić information content (AvgIpc) is 2.36. The Kier molecular flexibility index (Phi) is 5.40. The smallest absolute Gasteiger partial charge is 0.239 e. The van der Waals surface area contributed by atoms with Crippen molar-refractivity contribution in [3.05, 3.63) is 0 Å². The van der Waals surface area contributed by atoms with Crippen LogP contribution in [-0.4, -0.2) is 54.0 Å². The van der Waals surface area contributed by atoms with Gasteiger partial charge in [0.05, 0.1) is 6.04 Å². The summed E-state index contributed by atoms with van der Waals surface area (Å²) in [6.07, 6.45) is 1.17. The Bertz CT molecular complexity index is 247. The highest BCUT2D eigenvalue weighted by molar-refractivity contribution is 5.82. The summed E-state index contributed by atoms with van der Waals surface area (Å²) in [6, 6.07) is 0.274. The van der Waals surface area contributed by atoms with Gasteiger partial charge in [-0.3, -0.25) is 9.69 Å². The van der Waals surface area contributed by atoms with Crippen molar-refractivity contribution in [1.82, 2.24) is 9.80 Å². The molecule has 0 radical (unpaired) electrons. The van der Waals surface area contributed by atoms with Crippen molar-refractivity contribution in [3.63, 3.8) is 0 Å². The molecule has 2 N–H and O–H groups in total. The lowest BCUT2D eigenvalue weighted by molar-refractivity contribution is -0.135. The summed E-state index contributed by atoms with van der Waals surface area (Å²) in [7, 11) is 0. The Labute approximate surface area is 105 Å². The molecule has 0 aromatic carbocycles. The maximum Gasteiger partial charge on any atom is 0.239 e. The largest absolute Gasteiger partial charge is 0.339 e. The molecule has 1 unspecified atom stereocenters. The number of piperazine rings is 1. The monoisotopic (exact) mass is 241 g/mol. The van der Waals surface area contributed by atoms with Crippen LogP contribution in [0.15, 0.2) is 0 Å². The van der Waals surface area contributed by atoms with E-state index >= 15 is 0 Å². The number of hydrogen-bond donors (Lipinski definition) is 1. The van der Waals surface area contributed by atoms with E-state index in [1.807, 2.05) is 18.7 Å². The Balaban J connectivity index is 2.44. The van der Waals surface area contributed by atoms with Crippen LogP contribution in [0.4, 0.5) is 0 Å². The molecule has 2 atom stereocenters. The highest BCUT2D eigenvalue weighted by Gasteiger charge is 2.27. The van der Waals surface area contributed by atoms with Crippen molar-refractivity contribution in [2.45, 2.75) is 46.2 Å². The third-order valence-corrected chi connectivity index (χ3v) is 3.84. The van der Waals surface area contributed by atoms with Crippen LogP contribution in [0.1, 0.15) is 34.1 Å². The number of amides is 1. The second kappa shape index (κ2) is 6.36. The Hall–Kier alpha value is -0.610. The molecule has 1 aliphatic heterocycles. The van der Waals surface area contributed by atoms with E-state index in [-0.39, 0.29) is 17.9 Å². The molecule has 1 rings (SSSR count). The quantitative estimate of drug-likeness (QED) is 0.796. The van der Waals surface area contributed by atoms with Crippen molar-refractivity contribution < 1.29 is 4.79 Å². The Morgan fingerprint density at radius 1 is 1.18 bits per heavy atom. The lowest BCUT2D eigenvalue weighted by atomic mass is 10.0. The summed E-state index contributed by atoms with van der Waals surface area (Å²) in [4.78, 5) is 16.4. The van der Waals surface area contributed by atoms with Gasteiger partial charge < -0.3 is 10.6 Å². The molecule has 0 aliphatic carbocycles. The molecule has 17 heavy (non-hydrogen) atoms. The highest BCUT2D eigenvalue weighted by Crippen LogP contribution is 2.11. The zero-order chi connectivity index (χ0) is 13.0. The maximum absolute atomic E-state index is 12.1. The Morgan fingerprint density at radius 2 is 1.71 bits per heavy atom. The molecule has 0 aromatic heterocycles. The molecule has 1 saturated heterocycles. The predicted octanol–water partition coefficient (Wildman–Crippen LogP) is 0.912. The van der Waals surface area contributed by atoms with E-state index in [9.17, 15) is 4.79 Å². The van der Waals surface area contributed by atoms with Crippen molar-refractivity contribution in [3.8, 4) is 0 Å². The molecular formula is C13H27N3O. The second-order valence-electron chi connectivity index (χ2n) is 5.39. The molecule has 1 heterocycles.